The molecule has 0 amide bonds. The van der Waals surface area contributed by atoms with E-state index in [0.717, 1.165) is 16.7 Å². The molecule has 0 saturated carbocycles. The van der Waals surface area contributed by atoms with Crippen LogP contribution in [-0.4, -0.2) is 29.1 Å². The van der Waals surface area contributed by atoms with Crippen molar-refractivity contribution in [3.8, 4) is 28.6 Å². The van der Waals surface area contributed by atoms with Gasteiger partial charge in [0.05, 0.1) is 31.4 Å². The van der Waals surface area contributed by atoms with Gasteiger partial charge < -0.3 is 19.6 Å². The van der Waals surface area contributed by atoms with Gasteiger partial charge in [-0.2, -0.15) is 5.10 Å². The van der Waals surface area contributed by atoms with Crippen LogP contribution in [-0.2, 0) is 13.2 Å². The van der Waals surface area contributed by atoms with Gasteiger partial charge >= 0.3 is 0 Å². The van der Waals surface area contributed by atoms with Gasteiger partial charge in [0, 0.05) is 0 Å². The van der Waals surface area contributed by atoms with E-state index in [1.165, 1.54) is 5.56 Å². The van der Waals surface area contributed by atoms with Crippen LogP contribution in [0, 0.1) is 11.7 Å². The average molecular weight is 497 g/mol. The Bertz CT molecular complexity index is 1350. The number of ether oxygens (including phenoxy) is 3. The Morgan fingerprint density at radius 2 is 1.79 bits per heavy atom. The third-order valence-electron chi connectivity index (χ3n) is 5.22. The van der Waals surface area contributed by atoms with E-state index >= 15 is 0 Å². The van der Waals surface area contributed by atoms with Gasteiger partial charge in [0.25, 0.3) is 0 Å². The van der Waals surface area contributed by atoms with Gasteiger partial charge in [-0.25, -0.2) is 9.77 Å². The van der Waals surface area contributed by atoms with Crippen molar-refractivity contribution in [2.24, 2.45) is 0 Å². The van der Waals surface area contributed by atoms with E-state index in [-0.39, 0.29) is 0 Å². The van der Waals surface area contributed by atoms with Crippen LogP contribution in [0.2, 0.25) is 5.02 Å². The van der Waals surface area contributed by atoms with Crippen molar-refractivity contribution < 1.29 is 14.2 Å². The SMILES string of the molecule is COc1ccccc1-c1n[nH]c(=S)n1NCc1cc(Cl)c(OCc2cccc(C)c2)c(OC)c1. The molecule has 0 bridgehead atoms. The number of rotatable bonds is 9. The molecule has 0 spiro atoms. The predicted molar refractivity (Wildman–Crippen MR) is 136 cm³/mol. The van der Waals surface area contributed by atoms with E-state index in [1.54, 1.807) is 18.9 Å². The van der Waals surface area contributed by atoms with Crippen LogP contribution in [0.5, 0.6) is 17.2 Å². The number of H-pyrrole nitrogens is 1. The van der Waals surface area contributed by atoms with Crippen molar-refractivity contribution >= 4 is 23.8 Å². The molecule has 0 aliphatic carbocycles. The molecule has 4 rings (SSSR count). The molecule has 2 N–H and O–H groups in total. The Hall–Kier alpha value is -3.49. The van der Waals surface area contributed by atoms with Gasteiger partial charge in [0.1, 0.15) is 12.4 Å². The minimum Gasteiger partial charge on any atom is -0.496 e. The lowest BCUT2D eigenvalue weighted by molar-refractivity contribution is 0.284. The topological polar surface area (TPSA) is 73.3 Å². The van der Waals surface area contributed by atoms with Crippen molar-refractivity contribution in [3.05, 3.63) is 87.1 Å². The van der Waals surface area contributed by atoms with Crippen molar-refractivity contribution in [2.75, 3.05) is 19.6 Å². The molecule has 0 unspecified atom stereocenters. The number of hydrogen-bond donors (Lipinski definition) is 2. The van der Waals surface area contributed by atoms with E-state index in [0.29, 0.717) is 46.0 Å². The summed E-state index contributed by atoms with van der Waals surface area (Å²) in [6.45, 7) is 2.86. The second kappa shape index (κ2) is 10.6. The lowest BCUT2D eigenvalue weighted by Crippen LogP contribution is -2.16. The highest BCUT2D eigenvalue weighted by Crippen LogP contribution is 2.37. The highest BCUT2D eigenvalue weighted by molar-refractivity contribution is 7.71. The molecule has 0 aliphatic heterocycles. The fraction of sp³-hybridized carbons (Fsp3) is 0.200. The Balaban J connectivity index is 1.54. The highest BCUT2D eigenvalue weighted by atomic mass is 35.5. The molecule has 7 nitrogen and oxygen atoms in total. The molecule has 0 radical (unpaired) electrons. The molecule has 4 aromatic rings. The third-order valence-corrected chi connectivity index (χ3v) is 5.77. The summed E-state index contributed by atoms with van der Waals surface area (Å²) >= 11 is 12.0. The molecule has 0 fully saturated rings. The highest BCUT2D eigenvalue weighted by Gasteiger charge is 2.15. The monoisotopic (exact) mass is 496 g/mol. The Morgan fingerprint density at radius 3 is 2.56 bits per heavy atom. The van der Waals surface area contributed by atoms with Gasteiger partial charge in [-0.15, -0.1) is 0 Å². The first-order chi connectivity index (χ1) is 16.5. The third kappa shape index (κ3) is 5.18. The number of nitrogens with zero attached hydrogens (tertiary/aromatic N) is 2. The zero-order valence-electron chi connectivity index (χ0n) is 19.1. The van der Waals surface area contributed by atoms with Gasteiger partial charge in [0.2, 0.25) is 4.77 Å². The lowest BCUT2D eigenvalue weighted by Gasteiger charge is -2.16. The minimum atomic E-state index is 0.391. The molecule has 0 saturated heterocycles. The Kier molecular flexibility index (Phi) is 7.40. The summed E-state index contributed by atoms with van der Waals surface area (Å²) in [5.74, 6) is 2.36. The number of benzene rings is 3. The number of aryl methyl sites for hydroxylation is 1. The van der Waals surface area contributed by atoms with Gasteiger partial charge in [-0.3, -0.25) is 0 Å². The number of hydrogen-bond acceptors (Lipinski definition) is 6. The second-order valence-electron chi connectivity index (χ2n) is 7.61. The van der Waals surface area contributed by atoms with Crippen LogP contribution in [0.3, 0.4) is 0 Å². The number of methoxy groups -OCH3 is 2. The molecule has 176 valence electrons. The molecular formula is C25H25ClN4O3S. The van der Waals surface area contributed by atoms with Crippen LogP contribution >= 0.6 is 23.8 Å². The number of para-hydroxylation sites is 1. The molecule has 1 heterocycles. The zero-order valence-corrected chi connectivity index (χ0v) is 20.7. The summed E-state index contributed by atoms with van der Waals surface area (Å²) in [5.41, 5.74) is 7.22. The standard InChI is InChI=1S/C25H25ClN4O3S/c1-16-7-6-8-17(11-16)15-33-23-20(26)12-18(13-22(23)32-3)14-27-30-24(28-29-25(30)34)19-9-4-5-10-21(19)31-2/h4-13,27H,14-15H2,1-3H3,(H,29,34). The average Bonchev–Trinajstić information content (AvgIpc) is 3.21. The van der Waals surface area contributed by atoms with Crippen LogP contribution in [0.4, 0.5) is 0 Å². The maximum absolute atomic E-state index is 6.57. The van der Waals surface area contributed by atoms with E-state index in [1.807, 2.05) is 61.5 Å². The van der Waals surface area contributed by atoms with Crippen LogP contribution in [0.1, 0.15) is 16.7 Å². The van der Waals surface area contributed by atoms with Gasteiger partial charge in [-0.1, -0.05) is 53.6 Å². The lowest BCUT2D eigenvalue weighted by atomic mass is 10.1. The van der Waals surface area contributed by atoms with E-state index in [2.05, 4.69) is 21.7 Å². The van der Waals surface area contributed by atoms with Crippen molar-refractivity contribution in [1.29, 1.82) is 0 Å². The molecule has 34 heavy (non-hydrogen) atoms. The second-order valence-corrected chi connectivity index (χ2v) is 8.40. The summed E-state index contributed by atoms with van der Waals surface area (Å²) < 4.78 is 19.2. The maximum atomic E-state index is 6.57. The number of nitrogens with one attached hydrogen (secondary N) is 2. The predicted octanol–water partition coefficient (Wildman–Crippen LogP) is 5.91. The number of halogens is 1. The van der Waals surface area contributed by atoms with Crippen LogP contribution < -0.4 is 19.6 Å². The summed E-state index contributed by atoms with van der Waals surface area (Å²) in [6.07, 6.45) is 0. The van der Waals surface area contributed by atoms with E-state index in [9.17, 15) is 0 Å². The molecule has 1 aromatic heterocycles. The first-order valence-electron chi connectivity index (χ1n) is 10.6. The molecule has 9 heteroatoms. The van der Waals surface area contributed by atoms with E-state index in [4.69, 9.17) is 38.0 Å². The van der Waals surface area contributed by atoms with Crippen molar-refractivity contribution in [1.82, 2.24) is 14.9 Å². The molecule has 0 atom stereocenters. The summed E-state index contributed by atoms with van der Waals surface area (Å²) in [6, 6.07) is 19.5. The summed E-state index contributed by atoms with van der Waals surface area (Å²) in [7, 11) is 3.21. The quantitative estimate of drug-likeness (QED) is 0.281. The van der Waals surface area contributed by atoms with Crippen molar-refractivity contribution in [2.45, 2.75) is 20.1 Å². The number of aromatic nitrogens is 3. The van der Waals surface area contributed by atoms with Gasteiger partial charge in [0.15, 0.2) is 17.3 Å². The van der Waals surface area contributed by atoms with Crippen LogP contribution in [0.15, 0.2) is 60.7 Å². The normalized spacial score (nSPS) is 10.7. The maximum Gasteiger partial charge on any atom is 0.214 e. The Morgan fingerprint density at radius 1 is 1.00 bits per heavy atom. The van der Waals surface area contributed by atoms with E-state index < -0.39 is 0 Å². The first kappa shape index (κ1) is 23.7. The number of aromatic amines is 1. The molecular weight excluding hydrogens is 472 g/mol. The largest absolute Gasteiger partial charge is 0.496 e. The Labute approximate surface area is 208 Å². The fourth-order valence-electron chi connectivity index (χ4n) is 3.60. The van der Waals surface area contributed by atoms with Crippen molar-refractivity contribution in [3.63, 3.8) is 0 Å². The van der Waals surface area contributed by atoms with Crippen LogP contribution in [0.25, 0.3) is 11.4 Å². The molecule has 3 aromatic carbocycles. The summed E-state index contributed by atoms with van der Waals surface area (Å²) in [5, 5.41) is 7.66. The minimum absolute atomic E-state index is 0.391. The molecule has 0 aliphatic rings. The summed E-state index contributed by atoms with van der Waals surface area (Å²) in [4.78, 5) is 0. The fourth-order valence-corrected chi connectivity index (χ4v) is 4.08. The smallest absolute Gasteiger partial charge is 0.214 e. The first-order valence-corrected chi connectivity index (χ1v) is 11.4. The zero-order chi connectivity index (χ0) is 24.1. The van der Waals surface area contributed by atoms with Gasteiger partial charge in [-0.05, 0) is 54.5 Å².